The normalized spacial score (nSPS) is 10.5. The Kier molecular flexibility index (Phi) is 17.2. The molecule has 0 aromatic rings. The van der Waals surface area contributed by atoms with Crippen molar-refractivity contribution in [3.63, 3.8) is 0 Å². The van der Waals surface area contributed by atoms with Gasteiger partial charge in [-0.15, -0.1) is 0 Å². The van der Waals surface area contributed by atoms with Gasteiger partial charge >= 0.3 is 11.9 Å². The number of carbonyl (C=O) groups excluding carboxylic acids is 3. The fourth-order valence-electron chi connectivity index (χ4n) is 1.99. The SMILES string of the molecule is COCCCCCC(=O)OCCOCCOC(=O)C(=O)CCCCOC. The molecule has 0 amide bonds. The van der Waals surface area contributed by atoms with E-state index in [1.54, 1.807) is 14.2 Å². The largest absolute Gasteiger partial charge is 0.463 e. The number of hydrogen-bond donors (Lipinski definition) is 0. The van der Waals surface area contributed by atoms with Crippen LogP contribution in [-0.2, 0) is 38.1 Å². The van der Waals surface area contributed by atoms with Crippen LogP contribution in [0, 0.1) is 0 Å². The number of esters is 2. The van der Waals surface area contributed by atoms with Gasteiger partial charge in [-0.25, -0.2) is 4.79 Å². The minimum absolute atomic E-state index is 0.00388. The van der Waals surface area contributed by atoms with Gasteiger partial charge in [-0.1, -0.05) is 6.42 Å². The minimum Gasteiger partial charge on any atom is -0.463 e. The lowest BCUT2D eigenvalue weighted by Gasteiger charge is -2.07. The zero-order valence-electron chi connectivity index (χ0n) is 16.0. The van der Waals surface area contributed by atoms with Gasteiger partial charge < -0.3 is 23.7 Å². The summed E-state index contributed by atoms with van der Waals surface area (Å²) < 4.78 is 24.8. The molecule has 0 N–H and O–H groups in total. The van der Waals surface area contributed by atoms with E-state index < -0.39 is 11.8 Å². The molecule has 0 bridgehead atoms. The first-order chi connectivity index (χ1) is 12.6. The lowest BCUT2D eigenvalue weighted by Crippen LogP contribution is -2.20. The molecule has 0 saturated carbocycles. The van der Waals surface area contributed by atoms with Crippen LogP contribution in [0.5, 0.6) is 0 Å². The molecule has 0 aromatic heterocycles. The Hall–Kier alpha value is -1.51. The summed E-state index contributed by atoms with van der Waals surface area (Å²) in [6.07, 6.45) is 4.49. The number of ketones is 1. The second kappa shape index (κ2) is 18.3. The van der Waals surface area contributed by atoms with Gasteiger partial charge in [0.05, 0.1) is 13.2 Å². The van der Waals surface area contributed by atoms with Gasteiger partial charge in [-0.05, 0) is 25.7 Å². The number of methoxy groups -OCH3 is 2. The molecule has 0 aromatic carbocycles. The van der Waals surface area contributed by atoms with Crippen molar-refractivity contribution in [1.29, 1.82) is 0 Å². The predicted molar refractivity (Wildman–Crippen MR) is 93.8 cm³/mol. The average molecular weight is 376 g/mol. The van der Waals surface area contributed by atoms with Crippen LogP contribution in [0.3, 0.4) is 0 Å². The topological polar surface area (TPSA) is 97.4 Å². The molecule has 0 heterocycles. The fourth-order valence-corrected chi connectivity index (χ4v) is 1.99. The Morgan fingerprint density at radius 2 is 1.19 bits per heavy atom. The van der Waals surface area contributed by atoms with Crippen molar-refractivity contribution >= 4 is 17.7 Å². The highest BCUT2D eigenvalue weighted by Gasteiger charge is 2.14. The zero-order chi connectivity index (χ0) is 19.5. The van der Waals surface area contributed by atoms with Crippen molar-refractivity contribution < 1.29 is 38.1 Å². The van der Waals surface area contributed by atoms with Crippen LogP contribution in [0.25, 0.3) is 0 Å². The first kappa shape index (κ1) is 24.5. The molecule has 152 valence electrons. The molecule has 0 atom stereocenters. The maximum Gasteiger partial charge on any atom is 0.374 e. The third-order valence-corrected chi connectivity index (χ3v) is 3.41. The number of hydrogen-bond acceptors (Lipinski definition) is 8. The van der Waals surface area contributed by atoms with Gasteiger partial charge in [0.2, 0.25) is 5.78 Å². The van der Waals surface area contributed by atoms with Gasteiger partial charge in [0.1, 0.15) is 13.2 Å². The molecule has 0 aliphatic carbocycles. The molecule has 0 rings (SSSR count). The molecule has 0 saturated heterocycles. The number of unbranched alkanes of at least 4 members (excludes halogenated alkanes) is 3. The molecule has 8 heteroatoms. The van der Waals surface area contributed by atoms with E-state index >= 15 is 0 Å². The first-order valence-electron chi connectivity index (χ1n) is 9.03. The summed E-state index contributed by atoms with van der Waals surface area (Å²) in [7, 11) is 3.24. The first-order valence-corrected chi connectivity index (χ1v) is 9.03. The van der Waals surface area contributed by atoms with E-state index in [0.29, 0.717) is 26.1 Å². The summed E-state index contributed by atoms with van der Waals surface area (Å²) in [5.74, 6) is -1.64. The highest BCUT2D eigenvalue weighted by atomic mass is 16.6. The number of rotatable bonds is 18. The van der Waals surface area contributed by atoms with Gasteiger partial charge in [-0.2, -0.15) is 0 Å². The monoisotopic (exact) mass is 376 g/mol. The maximum atomic E-state index is 11.5. The van der Waals surface area contributed by atoms with Crippen molar-refractivity contribution in [3.05, 3.63) is 0 Å². The Morgan fingerprint density at radius 3 is 1.85 bits per heavy atom. The molecule has 26 heavy (non-hydrogen) atoms. The summed E-state index contributed by atoms with van der Waals surface area (Å²) in [6.45, 7) is 1.79. The van der Waals surface area contributed by atoms with E-state index in [-0.39, 0.29) is 38.8 Å². The predicted octanol–water partition coefficient (Wildman–Crippen LogP) is 1.68. The van der Waals surface area contributed by atoms with E-state index in [0.717, 1.165) is 25.7 Å². The minimum atomic E-state index is -0.842. The maximum absolute atomic E-state index is 11.5. The van der Waals surface area contributed by atoms with Gasteiger partial charge in [-0.3, -0.25) is 9.59 Å². The molecular weight excluding hydrogens is 344 g/mol. The Balaban J connectivity index is 3.42. The smallest absolute Gasteiger partial charge is 0.374 e. The van der Waals surface area contributed by atoms with Crippen LogP contribution in [0.1, 0.15) is 44.9 Å². The number of ether oxygens (including phenoxy) is 5. The fraction of sp³-hybridized carbons (Fsp3) is 0.833. The number of carbonyl (C=O) groups is 3. The molecule has 0 radical (unpaired) electrons. The molecule has 0 aliphatic heterocycles. The number of Topliss-reactive ketones (excluding diaryl/α,β-unsaturated/α-hetero) is 1. The van der Waals surface area contributed by atoms with E-state index in [1.807, 2.05) is 0 Å². The Bertz CT molecular complexity index is 383. The van der Waals surface area contributed by atoms with Crippen LogP contribution in [-0.4, -0.2) is 71.6 Å². The lowest BCUT2D eigenvalue weighted by atomic mass is 10.2. The molecule has 0 spiro atoms. The zero-order valence-corrected chi connectivity index (χ0v) is 16.0. The summed E-state index contributed by atoms with van der Waals surface area (Å²) in [5, 5.41) is 0. The third kappa shape index (κ3) is 16.0. The third-order valence-electron chi connectivity index (χ3n) is 3.41. The van der Waals surface area contributed by atoms with Gasteiger partial charge in [0.15, 0.2) is 0 Å². The highest BCUT2D eigenvalue weighted by Crippen LogP contribution is 2.01. The van der Waals surface area contributed by atoms with E-state index in [4.69, 9.17) is 23.7 Å². The van der Waals surface area contributed by atoms with Gasteiger partial charge in [0, 0.05) is 40.3 Å². The van der Waals surface area contributed by atoms with Crippen molar-refractivity contribution in [3.8, 4) is 0 Å². The van der Waals surface area contributed by atoms with Crippen molar-refractivity contribution in [1.82, 2.24) is 0 Å². The summed E-state index contributed by atoms with van der Waals surface area (Å²) in [5.41, 5.74) is 0. The second-order valence-electron chi connectivity index (χ2n) is 5.65. The molecule has 0 unspecified atom stereocenters. The average Bonchev–Trinajstić information content (AvgIpc) is 2.63. The summed E-state index contributed by atoms with van der Waals surface area (Å²) in [4.78, 5) is 34.3. The quantitative estimate of drug-likeness (QED) is 0.202. The van der Waals surface area contributed by atoms with Crippen LogP contribution in [0.2, 0.25) is 0 Å². The van der Waals surface area contributed by atoms with Gasteiger partial charge in [0.25, 0.3) is 0 Å². The molecule has 8 nitrogen and oxygen atoms in total. The van der Waals surface area contributed by atoms with Crippen molar-refractivity contribution in [2.75, 3.05) is 53.9 Å². The highest BCUT2D eigenvalue weighted by molar-refractivity contribution is 6.33. The standard InChI is InChI=1S/C18H32O8/c1-22-10-6-3-4-9-17(20)25-14-12-24-13-15-26-18(21)16(19)8-5-7-11-23-2/h3-15H2,1-2H3. The molecule has 0 fully saturated rings. The van der Waals surface area contributed by atoms with Crippen LogP contribution in [0.4, 0.5) is 0 Å². The van der Waals surface area contributed by atoms with E-state index in [1.165, 1.54) is 0 Å². The van der Waals surface area contributed by atoms with Crippen LogP contribution in [0.15, 0.2) is 0 Å². The Labute approximate surface area is 155 Å². The molecular formula is C18H32O8. The van der Waals surface area contributed by atoms with Crippen molar-refractivity contribution in [2.45, 2.75) is 44.9 Å². The van der Waals surface area contributed by atoms with Crippen molar-refractivity contribution in [2.24, 2.45) is 0 Å². The van der Waals surface area contributed by atoms with E-state index in [9.17, 15) is 14.4 Å². The molecule has 0 aliphatic rings. The second-order valence-corrected chi connectivity index (χ2v) is 5.65. The Morgan fingerprint density at radius 1 is 0.615 bits per heavy atom. The van der Waals surface area contributed by atoms with E-state index in [2.05, 4.69) is 0 Å². The van der Waals surface area contributed by atoms with Crippen LogP contribution < -0.4 is 0 Å². The summed E-state index contributed by atoms with van der Waals surface area (Å²) in [6, 6.07) is 0. The lowest BCUT2D eigenvalue weighted by molar-refractivity contribution is -0.155. The van der Waals surface area contributed by atoms with Crippen LogP contribution >= 0.6 is 0 Å². The summed E-state index contributed by atoms with van der Waals surface area (Å²) >= 11 is 0.